The van der Waals surface area contributed by atoms with Gasteiger partial charge in [-0.25, -0.2) is 27.3 Å². The Morgan fingerprint density at radius 3 is 2.03 bits per heavy atom. The minimum atomic E-state index is -5.15. The maximum absolute atomic E-state index is 14.2. The number of amides is 2. The number of alkyl halides is 6. The number of halogens is 6. The number of carbonyl (C=O) groups is 3. The summed E-state index contributed by atoms with van der Waals surface area (Å²) in [5.41, 5.74) is 3.40. The van der Waals surface area contributed by atoms with Crippen LogP contribution in [0.4, 0.5) is 31.1 Å². The molecule has 2 aromatic rings. The Balaban J connectivity index is 1.50. The number of aliphatic carboxylic acids is 1. The van der Waals surface area contributed by atoms with Crippen LogP contribution in [-0.4, -0.2) is 71.5 Å². The Bertz CT molecular complexity index is 1170. The van der Waals surface area contributed by atoms with Gasteiger partial charge in [-0.3, -0.25) is 9.59 Å². The van der Waals surface area contributed by atoms with E-state index in [4.69, 9.17) is 9.84 Å². The lowest BCUT2D eigenvalue weighted by Gasteiger charge is -2.43. The quantitative estimate of drug-likeness (QED) is 0.433. The zero-order valence-corrected chi connectivity index (χ0v) is 18.8. The second kappa shape index (κ2) is 9.94. The van der Waals surface area contributed by atoms with Gasteiger partial charge in [-0.05, 0) is 22.3 Å². The number of benzene rings is 2. The summed E-state index contributed by atoms with van der Waals surface area (Å²) in [5.74, 6) is -4.40. The Kier molecular flexibility index (Phi) is 7.07. The number of hydrogen-bond donors (Lipinski definition) is 2. The van der Waals surface area contributed by atoms with Gasteiger partial charge >= 0.3 is 18.1 Å². The van der Waals surface area contributed by atoms with Gasteiger partial charge < -0.3 is 15.2 Å². The van der Waals surface area contributed by atoms with Crippen LogP contribution in [0.5, 0.6) is 0 Å². The van der Waals surface area contributed by atoms with Crippen LogP contribution in [0.15, 0.2) is 48.5 Å². The molecular weight excluding hydrogens is 510 g/mol. The fourth-order valence-corrected chi connectivity index (χ4v) is 4.54. The molecule has 7 nitrogen and oxygen atoms in total. The maximum Gasteiger partial charge on any atom is 0.407 e. The Labute approximate surface area is 206 Å². The molecule has 198 valence electrons. The number of carboxylic acid groups (broad SMARTS) is 1. The number of fused-ring (bicyclic) bond motifs is 3. The summed E-state index contributed by atoms with van der Waals surface area (Å²) in [6.45, 7) is -0.303. The van der Waals surface area contributed by atoms with E-state index >= 15 is 0 Å². The van der Waals surface area contributed by atoms with Gasteiger partial charge in [0.05, 0.1) is 6.42 Å². The summed E-state index contributed by atoms with van der Waals surface area (Å²) in [5, 5.41) is 10.8. The zero-order chi connectivity index (χ0) is 27.1. The Morgan fingerprint density at radius 2 is 1.49 bits per heavy atom. The molecule has 1 aliphatic carbocycles. The molecule has 0 radical (unpaired) electrons. The normalized spacial score (nSPS) is 25.1. The van der Waals surface area contributed by atoms with E-state index in [1.54, 1.807) is 29.6 Å². The van der Waals surface area contributed by atoms with Crippen molar-refractivity contribution < 1.29 is 50.6 Å². The predicted molar refractivity (Wildman–Crippen MR) is 116 cm³/mol. The standard InChI is InChI=1S/C24H20F6N2O5/c25-18-19(26)21(28)32(24(29,30)20(18)27)22(35)16(9-17(33)34)31-23(36)37-10-15-13-7-3-1-5-11(13)12-6-2-4-8-14(12)15/h1-8,15-16,18-21H,9-10H2,(H,31,36)(H,33,34)/t16-,18?,19?,20?,21?/m0/s1. The third-order valence-corrected chi connectivity index (χ3v) is 6.30. The van der Waals surface area contributed by atoms with Crippen LogP contribution in [-0.2, 0) is 14.3 Å². The molecule has 13 heteroatoms. The van der Waals surface area contributed by atoms with Crippen molar-refractivity contribution in [1.29, 1.82) is 0 Å². The van der Waals surface area contributed by atoms with Gasteiger partial charge in [-0.1, -0.05) is 48.5 Å². The van der Waals surface area contributed by atoms with Crippen LogP contribution in [0.1, 0.15) is 23.5 Å². The van der Waals surface area contributed by atoms with Crippen LogP contribution < -0.4 is 5.32 Å². The number of piperidine rings is 1. The van der Waals surface area contributed by atoms with Crippen molar-refractivity contribution in [3.05, 3.63) is 59.7 Å². The van der Waals surface area contributed by atoms with Crippen molar-refractivity contribution in [3.63, 3.8) is 0 Å². The number of ether oxygens (including phenoxy) is 1. The van der Waals surface area contributed by atoms with Crippen molar-refractivity contribution in [2.45, 2.75) is 49.2 Å². The zero-order valence-electron chi connectivity index (χ0n) is 18.8. The first-order chi connectivity index (χ1) is 17.4. The number of rotatable bonds is 6. The smallest absolute Gasteiger partial charge is 0.407 e. The summed E-state index contributed by atoms with van der Waals surface area (Å²) in [6.07, 6.45) is -17.4. The van der Waals surface area contributed by atoms with E-state index < -0.39 is 72.1 Å². The molecule has 4 unspecified atom stereocenters. The molecule has 0 aromatic heterocycles. The van der Waals surface area contributed by atoms with E-state index in [1.807, 2.05) is 24.3 Å². The van der Waals surface area contributed by atoms with Gasteiger partial charge in [0.1, 0.15) is 12.6 Å². The van der Waals surface area contributed by atoms with Crippen molar-refractivity contribution in [2.24, 2.45) is 0 Å². The fraction of sp³-hybridized carbons (Fsp3) is 0.375. The molecule has 1 heterocycles. The summed E-state index contributed by atoms with van der Waals surface area (Å²) < 4.78 is 88.8. The SMILES string of the molecule is O=C(O)C[C@H](NC(=O)OCC1c2ccccc2-c2ccccc21)C(=O)N1C(F)C(F)C(F)C(F)C1(F)F. The van der Waals surface area contributed by atoms with Crippen molar-refractivity contribution in [3.8, 4) is 11.1 Å². The third-order valence-electron chi connectivity index (χ3n) is 6.30. The number of carbonyl (C=O) groups excluding carboxylic acids is 2. The summed E-state index contributed by atoms with van der Waals surface area (Å²) in [6, 6.07) is 6.95. The first-order valence-electron chi connectivity index (χ1n) is 11.1. The highest BCUT2D eigenvalue weighted by atomic mass is 19.3. The number of hydrogen-bond acceptors (Lipinski definition) is 4. The first kappa shape index (κ1) is 26.3. The van der Waals surface area contributed by atoms with Crippen molar-refractivity contribution in [2.75, 3.05) is 6.61 Å². The maximum atomic E-state index is 14.2. The average molecular weight is 530 g/mol. The fourth-order valence-electron chi connectivity index (χ4n) is 4.54. The first-order valence-corrected chi connectivity index (χ1v) is 11.1. The second-order valence-corrected chi connectivity index (χ2v) is 8.58. The van der Waals surface area contributed by atoms with Gasteiger partial charge in [-0.15, -0.1) is 0 Å². The van der Waals surface area contributed by atoms with E-state index in [2.05, 4.69) is 0 Å². The molecule has 0 saturated carbocycles. The van der Waals surface area contributed by atoms with Crippen LogP contribution in [0.25, 0.3) is 11.1 Å². The van der Waals surface area contributed by atoms with Gasteiger partial charge in [0, 0.05) is 5.92 Å². The van der Waals surface area contributed by atoms with E-state index in [0.29, 0.717) is 0 Å². The molecule has 2 aromatic carbocycles. The number of likely N-dealkylation sites (tertiary alicyclic amines) is 1. The molecule has 1 saturated heterocycles. The lowest BCUT2D eigenvalue weighted by Crippen LogP contribution is -2.69. The monoisotopic (exact) mass is 530 g/mol. The lowest BCUT2D eigenvalue weighted by atomic mass is 9.98. The Morgan fingerprint density at radius 1 is 0.946 bits per heavy atom. The van der Waals surface area contributed by atoms with Gasteiger partial charge in [-0.2, -0.15) is 8.78 Å². The van der Waals surface area contributed by atoms with Crippen molar-refractivity contribution >= 4 is 18.0 Å². The molecule has 0 spiro atoms. The molecule has 4 rings (SSSR count). The second-order valence-electron chi connectivity index (χ2n) is 8.58. The number of carboxylic acids is 1. The largest absolute Gasteiger partial charge is 0.481 e. The molecule has 2 aliphatic rings. The molecule has 5 atom stereocenters. The van der Waals surface area contributed by atoms with E-state index in [9.17, 15) is 40.7 Å². The van der Waals surface area contributed by atoms with Crippen LogP contribution >= 0.6 is 0 Å². The van der Waals surface area contributed by atoms with E-state index in [1.165, 1.54) is 0 Å². The minimum absolute atomic E-state index is 0.303. The molecule has 2 amide bonds. The van der Waals surface area contributed by atoms with Crippen LogP contribution in [0, 0.1) is 0 Å². The summed E-state index contributed by atoms with van der Waals surface area (Å²) in [4.78, 5) is 35.0. The van der Waals surface area contributed by atoms with Gasteiger partial charge in [0.15, 0.2) is 12.3 Å². The number of alkyl carbamates (subject to hydrolysis) is 1. The highest BCUT2D eigenvalue weighted by Gasteiger charge is 2.65. The number of nitrogens with one attached hydrogen (secondary N) is 1. The highest BCUT2D eigenvalue weighted by Crippen LogP contribution is 2.44. The van der Waals surface area contributed by atoms with Crippen molar-refractivity contribution in [1.82, 2.24) is 10.2 Å². The average Bonchev–Trinajstić information content (AvgIpc) is 3.18. The lowest BCUT2D eigenvalue weighted by molar-refractivity contribution is -0.274. The third kappa shape index (κ3) is 4.69. The van der Waals surface area contributed by atoms with Gasteiger partial charge in [0.2, 0.25) is 12.5 Å². The molecule has 1 fully saturated rings. The van der Waals surface area contributed by atoms with E-state index in [-0.39, 0.29) is 6.61 Å². The predicted octanol–water partition coefficient (Wildman–Crippen LogP) is 4.11. The molecule has 1 aliphatic heterocycles. The highest BCUT2D eigenvalue weighted by molar-refractivity contribution is 5.90. The topological polar surface area (TPSA) is 95.9 Å². The van der Waals surface area contributed by atoms with Gasteiger partial charge in [0.25, 0.3) is 5.91 Å². The molecule has 2 N–H and O–H groups in total. The Hall–Kier alpha value is -3.77. The van der Waals surface area contributed by atoms with E-state index in [0.717, 1.165) is 22.3 Å². The molecular formula is C24H20F6N2O5. The molecule has 37 heavy (non-hydrogen) atoms. The molecule has 0 bridgehead atoms. The minimum Gasteiger partial charge on any atom is -0.481 e. The van der Waals surface area contributed by atoms with Crippen LogP contribution in [0.2, 0.25) is 0 Å². The van der Waals surface area contributed by atoms with Crippen LogP contribution in [0.3, 0.4) is 0 Å². The summed E-state index contributed by atoms with van der Waals surface area (Å²) >= 11 is 0. The summed E-state index contributed by atoms with van der Waals surface area (Å²) in [7, 11) is 0. The number of nitrogens with zero attached hydrogens (tertiary/aromatic N) is 1.